The Bertz CT molecular complexity index is 615. The van der Waals surface area contributed by atoms with E-state index in [9.17, 15) is 8.78 Å². The van der Waals surface area contributed by atoms with Crippen molar-refractivity contribution in [1.82, 2.24) is 5.32 Å². The average molecular weight is 291 g/mol. The van der Waals surface area contributed by atoms with Gasteiger partial charge < -0.3 is 10.1 Å². The molecular formula is C17H19F2NO. The summed E-state index contributed by atoms with van der Waals surface area (Å²) in [4.78, 5) is 0. The zero-order valence-electron chi connectivity index (χ0n) is 12.4. The second kappa shape index (κ2) is 6.68. The molecule has 21 heavy (non-hydrogen) atoms. The molecule has 4 heteroatoms. The van der Waals surface area contributed by atoms with Gasteiger partial charge in [0.1, 0.15) is 17.4 Å². The minimum absolute atomic E-state index is 0.0567. The molecule has 112 valence electrons. The lowest BCUT2D eigenvalue weighted by Gasteiger charge is -2.22. The number of para-hydroxylation sites is 1. The van der Waals surface area contributed by atoms with E-state index in [1.54, 1.807) is 7.11 Å². The normalized spacial score (nSPS) is 13.8. The lowest BCUT2D eigenvalue weighted by Crippen LogP contribution is -2.23. The zero-order valence-corrected chi connectivity index (χ0v) is 12.4. The summed E-state index contributed by atoms with van der Waals surface area (Å²) in [7, 11) is 1.61. The summed E-state index contributed by atoms with van der Waals surface area (Å²) < 4.78 is 32.4. The van der Waals surface area contributed by atoms with Gasteiger partial charge in [-0.1, -0.05) is 18.2 Å². The monoisotopic (exact) mass is 291 g/mol. The fourth-order valence-corrected chi connectivity index (χ4v) is 2.43. The van der Waals surface area contributed by atoms with E-state index in [1.165, 1.54) is 6.07 Å². The van der Waals surface area contributed by atoms with Crippen molar-refractivity contribution in [1.29, 1.82) is 0 Å². The summed E-state index contributed by atoms with van der Waals surface area (Å²) in [6.07, 6.45) is 0. The van der Waals surface area contributed by atoms with Gasteiger partial charge in [0.2, 0.25) is 0 Å². The van der Waals surface area contributed by atoms with Crippen LogP contribution >= 0.6 is 0 Å². The second-order valence-electron chi connectivity index (χ2n) is 5.02. The van der Waals surface area contributed by atoms with Gasteiger partial charge in [-0.2, -0.15) is 0 Å². The number of rotatable bonds is 5. The van der Waals surface area contributed by atoms with Gasteiger partial charge in [0, 0.05) is 23.2 Å². The maximum Gasteiger partial charge on any atom is 0.128 e. The number of ether oxygens (including phenoxy) is 1. The van der Waals surface area contributed by atoms with Crippen LogP contribution in [0.2, 0.25) is 0 Å². The topological polar surface area (TPSA) is 21.3 Å². The van der Waals surface area contributed by atoms with E-state index in [1.807, 2.05) is 38.1 Å². The fourth-order valence-electron chi connectivity index (χ4n) is 2.43. The van der Waals surface area contributed by atoms with E-state index in [-0.39, 0.29) is 12.1 Å². The third-order valence-electron chi connectivity index (χ3n) is 3.53. The molecule has 0 amide bonds. The molecule has 2 nitrogen and oxygen atoms in total. The Hall–Kier alpha value is -1.94. The van der Waals surface area contributed by atoms with Gasteiger partial charge >= 0.3 is 0 Å². The van der Waals surface area contributed by atoms with Crippen molar-refractivity contribution >= 4 is 0 Å². The Labute approximate surface area is 123 Å². The van der Waals surface area contributed by atoms with E-state index in [4.69, 9.17) is 4.74 Å². The first-order valence-electron chi connectivity index (χ1n) is 6.87. The van der Waals surface area contributed by atoms with Gasteiger partial charge in [-0.3, -0.25) is 0 Å². The third-order valence-corrected chi connectivity index (χ3v) is 3.53. The molecule has 0 aliphatic heterocycles. The predicted molar refractivity (Wildman–Crippen MR) is 79.3 cm³/mol. The Morgan fingerprint density at radius 1 is 0.952 bits per heavy atom. The van der Waals surface area contributed by atoms with Crippen LogP contribution in [-0.2, 0) is 0 Å². The molecule has 0 saturated carbocycles. The minimum Gasteiger partial charge on any atom is -0.496 e. The van der Waals surface area contributed by atoms with Crippen molar-refractivity contribution in [2.24, 2.45) is 0 Å². The molecule has 0 aliphatic carbocycles. The van der Waals surface area contributed by atoms with E-state index in [0.29, 0.717) is 5.56 Å². The minimum atomic E-state index is -0.440. The maximum absolute atomic E-state index is 13.8. The summed E-state index contributed by atoms with van der Waals surface area (Å²) in [6, 6.07) is 10.8. The van der Waals surface area contributed by atoms with E-state index in [0.717, 1.165) is 23.4 Å². The molecule has 2 rings (SSSR count). The SMILES string of the molecule is COc1ccccc1C(C)NC(C)c1cc(F)ccc1F. The summed E-state index contributed by atoms with van der Waals surface area (Å²) in [5.74, 6) is -0.0852. The Balaban J connectivity index is 2.18. The molecule has 1 N–H and O–H groups in total. The van der Waals surface area contributed by atoms with E-state index < -0.39 is 11.6 Å². The lowest BCUT2D eigenvalue weighted by atomic mass is 10.0. The fraction of sp³-hybridized carbons (Fsp3) is 0.294. The Morgan fingerprint density at radius 2 is 1.62 bits per heavy atom. The van der Waals surface area contributed by atoms with Crippen LogP contribution in [0.25, 0.3) is 0 Å². The van der Waals surface area contributed by atoms with Crippen molar-refractivity contribution in [3.8, 4) is 5.75 Å². The smallest absolute Gasteiger partial charge is 0.128 e. The van der Waals surface area contributed by atoms with Crippen LogP contribution in [0.5, 0.6) is 5.75 Å². The average Bonchev–Trinajstić information content (AvgIpc) is 2.49. The first-order valence-corrected chi connectivity index (χ1v) is 6.87. The van der Waals surface area contributed by atoms with Crippen LogP contribution in [0.15, 0.2) is 42.5 Å². The number of hydrogen-bond donors (Lipinski definition) is 1. The molecule has 0 heterocycles. The van der Waals surface area contributed by atoms with E-state index >= 15 is 0 Å². The predicted octanol–water partition coefficient (Wildman–Crippen LogP) is 4.39. The van der Waals surface area contributed by atoms with Crippen LogP contribution in [0.4, 0.5) is 8.78 Å². The molecule has 0 fully saturated rings. The van der Waals surface area contributed by atoms with Gasteiger partial charge in [-0.25, -0.2) is 8.78 Å². The van der Waals surface area contributed by atoms with Crippen LogP contribution in [0.3, 0.4) is 0 Å². The number of benzene rings is 2. The molecule has 0 aliphatic rings. The Kier molecular flexibility index (Phi) is 4.91. The van der Waals surface area contributed by atoms with Gasteiger partial charge in [-0.15, -0.1) is 0 Å². The van der Waals surface area contributed by atoms with Crippen LogP contribution in [-0.4, -0.2) is 7.11 Å². The molecule has 2 unspecified atom stereocenters. The summed E-state index contributed by atoms with van der Waals surface area (Å²) in [5.41, 5.74) is 1.29. The quantitative estimate of drug-likeness (QED) is 0.882. The molecule has 0 spiro atoms. The third kappa shape index (κ3) is 3.58. The number of hydrogen-bond acceptors (Lipinski definition) is 2. The van der Waals surface area contributed by atoms with Gasteiger partial charge in [0.15, 0.2) is 0 Å². The first kappa shape index (κ1) is 15.4. The molecule has 2 aromatic rings. The maximum atomic E-state index is 13.8. The molecule has 0 bridgehead atoms. The second-order valence-corrected chi connectivity index (χ2v) is 5.02. The standard InChI is InChI=1S/C17H19F2NO/c1-11(14-6-4-5-7-17(14)21-3)20-12(2)15-10-13(18)8-9-16(15)19/h4-12,20H,1-3H3. The molecule has 0 aromatic heterocycles. The van der Waals surface area contributed by atoms with Gasteiger partial charge in [-0.05, 0) is 38.1 Å². The molecular weight excluding hydrogens is 272 g/mol. The first-order chi connectivity index (χ1) is 10.0. The molecule has 2 atom stereocenters. The summed E-state index contributed by atoms with van der Waals surface area (Å²) in [5, 5.41) is 3.27. The number of halogens is 2. The van der Waals surface area contributed by atoms with Crippen molar-refractivity contribution in [3.63, 3.8) is 0 Å². The van der Waals surface area contributed by atoms with Crippen molar-refractivity contribution in [2.45, 2.75) is 25.9 Å². The highest BCUT2D eigenvalue weighted by atomic mass is 19.1. The van der Waals surface area contributed by atoms with Crippen LogP contribution in [0, 0.1) is 11.6 Å². The van der Waals surface area contributed by atoms with Crippen LogP contribution in [0.1, 0.15) is 37.1 Å². The molecule has 2 aromatic carbocycles. The van der Waals surface area contributed by atoms with Crippen molar-refractivity contribution in [3.05, 3.63) is 65.2 Å². The van der Waals surface area contributed by atoms with E-state index in [2.05, 4.69) is 5.32 Å². The summed E-state index contributed by atoms with van der Waals surface area (Å²) >= 11 is 0. The highest BCUT2D eigenvalue weighted by Gasteiger charge is 2.17. The number of methoxy groups -OCH3 is 1. The lowest BCUT2D eigenvalue weighted by molar-refractivity contribution is 0.395. The van der Waals surface area contributed by atoms with Gasteiger partial charge in [0.05, 0.1) is 7.11 Å². The Morgan fingerprint density at radius 3 is 2.33 bits per heavy atom. The van der Waals surface area contributed by atoms with Crippen molar-refractivity contribution < 1.29 is 13.5 Å². The molecule has 0 radical (unpaired) electrons. The van der Waals surface area contributed by atoms with Gasteiger partial charge in [0.25, 0.3) is 0 Å². The number of nitrogens with one attached hydrogen (secondary N) is 1. The summed E-state index contributed by atoms with van der Waals surface area (Å²) in [6.45, 7) is 3.77. The highest BCUT2D eigenvalue weighted by molar-refractivity contribution is 5.35. The molecule has 0 saturated heterocycles. The largest absolute Gasteiger partial charge is 0.496 e. The van der Waals surface area contributed by atoms with Crippen LogP contribution < -0.4 is 10.1 Å². The highest BCUT2D eigenvalue weighted by Crippen LogP contribution is 2.27. The van der Waals surface area contributed by atoms with Crippen molar-refractivity contribution in [2.75, 3.05) is 7.11 Å². The zero-order chi connectivity index (χ0) is 15.4.